The van der Waals surface area contributed by atoms with Gasteiger partial charge in [-0.1, -0.05) is 33.1 Å². The summed E-state index contributed by atoms with van der Waals surface area (Å²) in [6.45, 7) is 11.1. The van der Waals surface area contributed by atoms with Crippen LogP contribution in [0.2, 0.25) is 0 Å². The molecule has 0 aromatic carbocycles. The van der Waals surface area contributed by atoms with E-state index >= 15 is 0 Å². The molecule has 0 fully saturated rings. The highest BCUT2D eigenvalue weighted by atomic mass is 14.8. The number of likely N-dealkylation sites (N-methyl/N-ethyl adjacent to an activating group) is 1. The van der Waals surface area contributed by atoms with Crippen LogP contribution in [0.25, 0.3) is 0 Å². The van der Waals surface area contributed by atoms with Gasteiger partial charge in [0.05, 0.1) is 0 Å². The molecule has 1 N–H and O–H groups in total. The Bertz CT molecular complexity index is 112. The van der Waals surface area contributed by atoms with Crippen molar-refractivity contribution in [1.29, 1.82) is 0 Å². The van der Waals surface area contributed by atoms with Crippen molar-refractivity contribution in [2.45, 2.75) is 13.8 Å². The topological polar surface area (TPSA) is 12.0 Å². The highest BCUT2D eigenvalue weighted by Gasteiger charge is 1.76. The predicted molar refractivity (Wildman–Crippen MR) is 48.9 cm³/mol. The van der Waals surface area contributed by atoms with E-state index in [2.05, 4.69) is 18.5 Å². The van der Waals surface area contributed by atoms with Crippen LogP contribution in [-0.2, 0) is 0 Å². The second-order valence-corrected chi connectivity index (χ2v) is 1.31. The van der Waals surface area contributed by atoms with E-state index in [0.717, 1.165) is 5.70 Å². The molecule has 1 heteroatoms. The predicted octanol–water partition coefficient (Wildman–Crippen LogP) is 2.49. The SMILES string of the molecule is C=C/C=C(\C=C)NC.CC. The minimum Gasteiger partial charge on any atom is -0.388 e. The van der Waals surface area contributed by atoms with Gasteiger partial charge in [0.25, 0.3) is 0 Å². The van der Waals surface area contributed by atoms with Crippen molar-refractivity contribution in [3.05, 3.63) is 37.1 Å². The molecular weight excluding hydrogens is 122 g/mol. The van der Waals surface area contributed by atoms with Crippen LogP contribution in [0, 0.1) is 0 Å². The Labute approximate surface area is 64.1 Å². The highest BCUT2D eigenvalue weighted by molar-refractivity contribution is 5.18. The highest BCUT2D eigenvalue weighted by Crippen LogP contribution is 1.86. The zero-order valence-electron chi connectivity index (χ0n) is 7.15. The normalized spacial score (nSPS) is 8.90. The molecule has 58 valence electrons. The third kappa shape index (κ3) is 7.02. The molecule has 0 heterocycles. The quantitative estimate of drug-likeness (QED) is 0.592. The minimum absolute atomic E-state index is 0.986. The van der Waals surface area contributed by atoms with E-state index in [1.54, 1.807) is 12.2 Å². The standard InChI is InChI=1S/C7H11N.C2H6/c1-4-6-7(5-2)8-3;1-2/h4-6,8H,1-2H2,3H3;1-2H3/b7-6+;. The third-order valence-corrected chi connectivity index (χ3v) is 0.806. The van der Waals surface area contributed by atoms with Gasteiger partial charge in [-0.25, -0.2) is 0 Å². The van der Waals surface area contributed by atoms with Crippen molar-refractivity contribution in [2.75, 3.05) is 7.05 Å². The molecular formula is C9H17N. The molecule has 0 atom stereocenters. The van der Waals surface area contributed by atoms with E-state index in [4.69, 9.17) is 0 Å². The average molecular weight is 139 g/mol. The Hall–Kier alpha value is -0.980. The fraction of sp³-hybridized carbons (Fsp3) is 0.333. The van der Waals surface area contributed by atoms with Crippen LogP contribution in [0.15, 0.2) is 37.1 Å². The maximum atomic E-state index is 3.57. The fourth-order valence-corrected chi connectivity index (χ4v) is 0.380. The summed E-state index contributed by atoms with van der Waals surface area (Å²) in [6.07, 6.45) is 5.31. The Morgan fingerprint density at radius 3 is 1.90 bits per heavy atom. The Balaban J connectivity index is 0. The minimum atomic E-state index is 0.986. The van der Waals surface area contributed by atoms with E-state index in [9.17, 15) is 0 Å². The first kappa shape index (κ1) is 11.8. The van der Waals surface area contributed by atoms with E-state index < -0.39 is 0 Å². The molecule has 10 heavy (non-hydrogen) atoms. The molecule has 0 spiro atoms. The number of hydrogen-bond donors (Lipinski definition) is 1. The van der Waals surface area contributed by atoms with Crippen LogP contribution >= 0.6 is 0 Å². The Morgan fingerprint density at radius 1 is 1.30 bits per heavy atom. The van der Waals surface area contributed by atoms with Crippen molar-refractivity contribution in [3.63, 3.8) is 0 Å². The van der Waals surface area contributed by atoms with Crippen molar-refractivity contribution in [2.24, 2.45) is 0 Å². The van der Waals surface area contributed by atoms with Gasteiger partial charge in [-0.3, -0.25) is 0 Å². The van der Waals surface area contributed by atoms with Gasteiger partial charge in [-0.2, -0.15) is 0 Å². The molecule has 0 rings (SSSR count). The lowest BCUT2D eigenvalue weighted by molar-refractivity contribution is 1.03. The molecule has 0 saturated carbocycles. The van der Waals surface area contributed by atoms with Crippen LogP contribution < -0.4 is 5.32 Å². The maximum Gasteiger partial charge on any atom is 0.0331 e. The summed E-state index contributed by atoms with van der Waals surface area (Å²) < 4.78 is 0. The monoisotopic (exact) mass is 139 g/mol. The number of hydrogen-bond acceptors (Lipinski definition) is 1. The summed E-state index contributed by atoms with van der Waals surface area (Å²) in [5, 5.41) is 2.92. The number of nitrogens with one attached hydrogen (secondary N) is 1. The third-order valence-electron chi connectivity index (χ3n) is 0.806. The van der Waals surface area contributed by atoms with E-state index in [1.165, 1.54) is 0 Å². The Kier molecular flexibility index (Phi) is 12.8. The summed E-state index contributed by atoms with van der Waals surface area (Å²) >= 11 is 0. The van der Waals surface area contributed by atoms with Crippen molar-refractivity contribution in [1.82, 2.24) is 5.32 Å². The van der Waals surface area contributed by atoms with Crippen LogP contribution in [0.1, 0.15) is 13.8 Å². The summed E-state index contributed by atoms with van der Waals surface area (Å²) in [4.78, 5) is 0. The molecule has 0 unspecified atom stereocenters. The summed E-state index contributed by atoms with van der Waals surface area (Å²) in [7, 11) is 1.84. The largest absolute Gasteiger partial charge is 0.388 e. The van der Waals surface area contributed by atoms with Crippen LogP contribution in [-0.4, -0.2) is 7.05 Å². The molecule has 1 nitrogen and oxygen atoms in total. The average Bonchev–Trinajstić information content (AvgIpc) is 2.04. The molecule has 0 saturated heterocycles. The van der Waals surface area contributed by atoms with Crippen molar-refractivity contribution >= 4 is 0 Å². The lowest BCUT2D eigenvalue weighted by Crippen LogP contribution is -2.01. The lowest BCUT2D eigenvalue weighted by atomic mass is 10.4. The summed E-state index contributed by atoms with van der Waals surface area (Å²) in [5.74, 6) is 0. The smallest absolute Gasteiger partial charge is 0.0331 e. The number of rotatable bonds is 3. The van der Waals surface area contributed by atoms with Crippen LogP contribution in [0.4, 0.5) is 0 Å². The van der Waals surface area contributed by atoms with Gasteiger partial charge < -0.3 is 5.32 Å². The first-order valence-electron chi connectivity index (χ1n) is 3.48. The molecule has 0 bridgehead atoms. The molecule has 0 aromatic heterocycles. The molecule has 0 amide bonds. The van der Waals surface area contributed by atoms with Gasteiger partial charge in [0, 0.05) is 12.7 Å². The molecule has 0 aromatic rings. The van der Waals surface area contributed by atoms with Gasteiger partial charge in [-0.15, -0.1) is 0 Å². The zero-order chi connectivity index (χ0) is 8.41. The summed E-state index contributed by atoms with van der Waals surface area (Å²) in [6, 6.07) is 0. The second-order valence-electron chi connectivity index (χ2n) is 1.31. The second kappa shape index (κ2) is 10.9. The van der Waals surface area contributed by atoms with E-state index in [-0.39, 0.29) is 0 Å². The van der Waals surface area contributed by atoms with Crippen molar-refractivity contribution < 1.29 is 0 Å². The first-order chi connectivity index (χ1) is 4.85. The van der Waals surface area contributed by atoms with Gasteiger partial charge >= 0.3 is 0 Å². The van der Waals surface area contributed by atoms with Crippen molar-refractivity contribution in [3.8, 4) is 0 Å². The molecule has 0 radical (unpaired) electrons. The van der Waals surface area contributed by atoms with Gasteiger partial charge in [0.15, 0.2) is 0 Å². The Morgan fingerprint density at radius 2 is 1.80 bits per heavy atom. The molecule has 0 aliphatic heterocycles. The zero-order valence-corrected chi connectivity index (χ0v) is 7.15. The van der Waals surface area contributed by atoms with Gasteiger partial charge in [0.1, 0.15) is 0 Å². The first-order valence-corrected chi connectivity index (χ1v) is 3.48. The molecule has 0 aliphatic carbocycles. The van der Waals surface area contributed by atoms with Gasteiger partial charge in [0.2, 0.25) is 0 Å². The fourth-order valence-electron chi connectivity index (χ4n) is 0.380. The van der Waals surface area contributed by atoms with E-state index in [0.29, 0.717) is 0 Å². The maximum absolute atomic E-state index is 3.57. The van der Waals surface area contributed by atoms with Crippen LogP contribution in [0.3, 0.4) is 0 Å². The van der Waals surface area contributed by atoms with E-state index in [1.807, 2.05) is 27.0 Å². The van der Waals surface area contributed by atoms with Crippen LogP contribution in [0.5, 0.6) is 0 Å². The number of allylic oxidation sites excluding steroid dienone is 3. The molecule has 0 aliphatic rings. The lowest BCUT2D eigenvalue weighted by Gasteiger charge is -1.94. The van der Waals surface area contributed by atoms with Gasteiger partial charge in [-0.05, 0) is 12.2 Å². The summed E-state index contributed by atoms with van der Waals surface area (Å²) in [5.41, 5.74) is 0.986.